The molecule has 4 atom stereocenters. The van der Waals surface area contributed by atoms with Gasteiger partial charge in [0.05, 0.1) is 0 Å². The van der Waals surface area contributed by atoms with Crippen molar-refractivity contribution in [3.63, 3.8) is 0 Å². The zero-order valence-electron chi connectivity index (χ0n) is 11.4. The molecule has 0 amide bonds. The molecule has 17 heavy (non-hydrogen) atoms. The van der Waals surface area contributed by atoms with Gasteiger partial charge in [0, 0.05) is 37.3 Å². The van der Waals surface area contributed by atoms with Crippen molar-refractivity contribution in [2.24, 2.45) is 0 Å². The topological polar surface area (TPSA) is 18.5 Å². The van der Waals surface area contributed by atoms with Gasteiger partial charge in [-0.1, -0.05) is 0 Å². The van der Waals surface area contributed by atoms with E-state index in [4.69, 9.17) is 0 Å². The van der Waals surface area contributed by atoms with Crippen molar-refractivity contribution < 1.29 is 0 Å². The van der Waals surface area contributed by atoms with Crippen LogP contribution in [0.3, 0.4) is 0 Å². The Kier molecular flexibility index (Phi) is 3.42. The molecule has 3 rings (SSSR count). The van der Waals surface area contributed by atoms with Crippen LogP contribution in [0.2, 0.25) is 0 Å². The molecule has 0 aliphatic carbocycles. The van der Waals surface area contributed by atoms with E-state index in [-0.39, 0.29) is 0 Å². The molecule has 0 spiro atoms. The highest BCUT2D eigenvalue weighted by Gasteiger charge is 2.38. The molecule has 3 aliphatic heterocycles. The van der Waals surface area contributed by atoms with Crippen molar-refractivity contribution in [3.8, 4) is 0 Å². The standard InChI is InChI=1S/C14H27N3/c1-11-8-13(5-6-15-11)17-10-14-4-3-7-16(14)9-12(17)2/h11-15H,3-10H2,1-2H3. The third-order valence-electron chi connectivity index (χ3n) is 5.05. The zero-order valence-corrected chi connectivity index (χ0v) is 11.4. The fourth-order valence-corrected chi connectivity index (χ4v) is 4.13. The van der Waals surface area contributed by atoms with E-state index < -0.39 is 0 Å². The third kappa shape index (κ3) is 2.38. The van der Waals surface area contributed by atoms with Gasteiger partial charge >= 0.3 is 0 Å². The first kappa shape index (κ1) is 11.9. The average molecular weight is 237 g/mol. The summed E-state index contributed by atoms with van der Waals surface area (Å²) in [5.41, 5.74) is 0. The van der Waals surface area contributed by atoms with Gasteiger partial charge in [-0.2, -0.15) is 0 Å². The van der Waals surface area contributed by atoms with Gasteiger partial charge in [0.15, 0.2) is 0 Å². The van der Waals surface area contributed by atoms with Crippen molar-refractivity contribution in [3.05, 3.63) is 0 Å². The first-order valence-corrected chi connectivity index (χ1v) is 7.47. The fraction of sp³-hybridized carbons (Fsp3) is 1.00. The highest BCUT2D eigenvalue weighted by molar-refractivity contribution is 4.94. The van der Waals surface area contributed by atoms with Crippen LogP contribution < -0.4 is 5.32 Å². The lowest BCUT2D eigenvalue weighted by Crippen LogP contribution is -2.60. The number of piperidine rings is 1. The Morgan fingerprint density at radius 3 is 2.76 bits per heavy atom. The van der Waals surface area contributed by atoms with Crippen molar-refractivity contribution in [2.45, 2.75) is 63.7 Å². The van der Waals surface area contributed by atoms with Crippen LogP contribution in [0.15, 0.2) is 0 Å². The first-order chi connectivity index (χ1) is 8.24. The molecule has 3 heterocycles. The van der Waals surface area contributed by atoms with Crippen LogP contribution in [0.5, 0.6) is 0 Å². The number of fused-ring (bicyclic) bond motifs is 1. The Bertz CT molecular complexity index is 268. The van der Waals surface area contributed by atoms with Crippen molar-refractivity contribution in [2.75, 3.05) is 26.2 Å². The van der Waals surface area contributed by atoms with Gasteiger partial charge < -0.3 is 5.32 Å². The molecule has 0 saturated carbocycles. The van der Waals surface area contributed by atoms with Crippen LogP contribution in [0.25, 0.3) is 0 Å². The molecule has 0 aromatic heterocycles. The Morgan fingerprint density at radius 2 is 1.94 bits per heavy atom. The van der Waals surface area contributed by atoms with Crippen LogP contribution in [0.4, 0.5) is 0 Å². The predicted molar refractivity (Wildman–Crippen MR) is 71.2 cm³/mol. The second-order valence-corrected chi connectivity index (χ2v) is 6.37. The molecule has 3 aliphatic rings. The summed E-state index contributed by atoms with van der Waals surface area (Å²) in [6.07, 6.45) is 5.55. The van der Waals surface area contributed by atoms with E-state index in [0.717, 1.165) is 18.1 Å². The van der Waals surface area contributed by atoms with Crippen LogP contribution >= 0.6 is 0 Å². The molecule has 3 heteroatoms. The SMILES string of the molecule is CC1CC(N2CC3CCCN3CC2C)CCN1. The molecule has 0 aromatic carbocycles. The Labute approximate surface area is 106 Å². The number of nitrogens with zero attached hydrogens (tertiary/aromatic N) is 2. The van der Waals surface area contributed by atoms with Gasteiger partial charge in [0.2, 0.25) is 0 Å². The lowest BCUT2D eigenvalue weighted by Gasteiger charge is -2.48. The maximum Gasteiger partial charge on any atom is 0.0224 e. The number of hydrogen-bond acceptors (Lipinski definition) is 3. The fourth-order valence-electron chi connectivity index (χ4n) is 4.13. The van der Waals surface area contributed by atoms with Crippen LogP contribution in [0.1, 0.15) is 39.5 Å². The second-order valence-electron chi connectivity index (χ2n) is 6.37. The first-order valence-electron chi connectivity index (χ1n) is 7.47. The van der Waals surface area contributed by atoms with E-state index in [1.165, 1.54) is 51.9 Å². The molecule has 0 bridgehead atoms. The Morgan fingerprint density at radius 1 is 1.06 bits per heavy atom. The molecule has 4 unspecified atom stereocenters. The number of hydrogen-bond donors (Lipinski definition) is 1. The molecular formula is C14H27N3. The third-order valence-corrected chi connectivity index (χ3v) is 5.05. The minimum atomic E-state index is 0.711. The number of piperazine rings is 1. The smallest absolute Gasteiger partial charge is 0.0224 e. The van der Waals surface area contributed by atoms with E-state index in [0.29, 0.717) is 6.04 Å². The van der Waals surface area contributed by atoms with E-state index in [2.05, 4.69) is 29.0 Å². The average Bonchev–Trinajstić information content (AvgIpc) is 2.75. The summed E-state index contributed by atoms with van der Waals surface area (Å²) in [5, 5.41) is 3.58. The molecule has 1 N–H and O–H groups in total. The summed E-state index contributed by atoms with van der Waals surface area (Å²) in [4.78, 5) is 5.55. The summed E-state index contributed by atoms with van der Waals surface area (Å²) in [6.45, 7) is 9.97. The maximum atomic E-state index is 3.58. The van der Waals surface area contributed by atoms with Gasteiger partial charge in [-0.15, -0.1) is 0 Å². The van der Waals surface area contributed by atoms with Crippen LogP contribution in [-0.4, -0.2) is 60.1 Å². The van der Waals surface area contributed by atoms with Gasteiger partial charge in [0.25, 0.3) is 0 Å². The van der Waals surface area contributed by atoms with E-state index >= 15 is 0 Å². The summed E-state index contributed by atoms with van der Waals surface area (Å²) >= 11 is 0. The Balaban J connectivity index is 1.65. The van der Waals surface area contributed by atoms with Gasteiger partial charge in [-0.3, -0.25) is 9.80 Å². The molecule has 98 valence electrons. The van der Waals surface area contributed by atoms with Crippen molar-refractivity contribution in [1.29, 1.82) is 0 Å². The molecule has 3 saturated heterocycles. The predicted octanol–water partition coefficient (Wildman–Crippen LogP) is 1.30. The van der Waals surface area contributed by atoms with E-state index in [1.807, 2.05) is 0 Å². The number of rotatable bonds is 1. The van der Waals surface area contributed by atoms with Crippen molar-refractivity contribution in [1.82, 2.24) is 15.1 Å². The minimum Gasteiger partial charge on any atom is -0.314 e. The normalized spacial score (nSPS) is 44.8. The lowest BCUT2D eigenvalue weighted by atomic mass is 9.95. The second kappa shape index (κ2) is 4.87. The summed E-state index contributed by atoms with van der Waals surface area (Å²) in [6, 6.07) is 3.18. The number of nitrogens with one attached hydrogen (secondary N) is 1. The molecule has 0 aromatic rings. The summed E-state index contributed by atoms with van der Waals surface area (Å²) < 4.78 is 0. The lowest BCUT2D eigenvalue weighted by molar-refractivity contribution is 0.0140. The van der Waals surface area contributed by atoms with Crippen LogP contribution in [0, 0.1) is 0 Å². The molecule has 3 nitrogen and oxygen atoms in total. The zero-order chi connectivity index (χ0) is 11.8. The monoisotopic (exact) mass is 237 g/mol. The van der Waals surface area contributed by atoms with Gasteiger partial charge in [0.1, 0.15) is 0 Å². The van der Waals surface area contributed by atoms with E-state index in [1.54, 1.807) is 0 Å². The summed E-state index contributed by atoms with van der Waals surface area (Å²) in [7, 11) is 0. The van der Waals surface area contributed by atoms with E-state index in [9.17, 15) is 0 Å². The van der Waals surface area contributed by atoms with Gasteiger partial charge in [-0.05, 0) is 52.6 Å². The largest absolute Gasteiger partial charge is 0.314 e. The van der Waals surface area contributed by atoms with Gasteiger partial charge in [-0.25, -0.2) is 0 Å². The highest BCUT2D eigenvalue weighted by Crippen LogP contribution is 2.28. The summed E-state index contributed by atoms with van der Waals surface area (Å²) in [5.74, 6) is 0. The Hall–Kier alpha value is -0.120. The molecule has 3 fully saturated rings. The molecule has 0 radical (unpaired) electrons. The minimum absolute atomic E-state index is 0.711. The quantitative estimate of drug-likeness (QED) is 0.741. The molecular weight excluding hydrogens is 210 g/mol. The van der Waals surface area contributed by atoms with Crippen LogP contribution in [-0.2, 0) is 0 Å². The maximum absolute atomic E-state index is 3.58. The highest BCUT2D eigenvalue weighted by atomic mass is 15.3. The van der Waals surface area contributed by atoms with Crippen molar-refractivity contribution >= 4 is 0 Å².